The highest BCUT2D eigenvalue weighted by atomic mass is 79.9. The van der Waals surface area contributed by atoms with E-state index in [1.807, 2.05) is 24.3 Å². The highest BCUT2D eigenvalue weighted by molar-refractivity contribution is 9.10. The van der Waals surface area contributed by atoms with Gasteiger partial charge in [0.2, 0.25) is 0 Å². The van der Waals surface area contributed by atoms with Gasteiger partial charge in [-0.3, -0.25) is 0 Å². The standard InChI is InChI=1S/C16H15Br2FO2/c17-14-6-5-12(19)7-11(14)8-16(9-20,10-21)13-3-1-2-4-15(13)18/h1-7,20-21H,8-10H2. The molecule has 0 saturated carbocycles. The summed E-state index contributed by atoms with van der Waals surface area (Å²) in [5.41, 5.74) is 0.621. The summed E-state index contributed by atoms with van der Waals surface area (Å²) in [7, 11) is 0. The molecular weight excluding hydrogens is 403 g/mol. The number of benzene rings is 2. The van der Waals surface area contributed by atoms with Crippen LogP contribution in [0.4, 0.5) is 4.39 Å². The fraction of sp³-hybridized carbons (Fsp3) is 0.250. The predicted octanol–water partition coefficient (Wildman–Crippen LogP) is 3.82. The molecular formula is C16H15Br2FO2. The third kappa shape index (κ3) is 3.54. The summed E-state index contributed by atoms with van der Waals surface area (Å²) in [6.45, 7) is -0.482. The van der Waals surface area contributed by atoms with Gasteiger partial charge in [-0.1, -0.05) is 50.1 Å². The van der Waals surface area contributed by atoms with Crippen LogP contribution in [0, 0.1) is 5.82 Å². The van der Waals surface area contributed by atoms with Crippen LogP contribution in [0.5, 0.6) is 0 Å². The molecule has 0 spiro atoms. The van der Waals surface area contributed by atoms with E-state index in [-0.39, 0.29) is 19.0 Å². The van der Waals surface area contributed by atoms with Crippen LogP contribution < -0.4 is 0 Å². The molecule has 2 aromatic rings. The summed E-state index contributed by atoms with van der Waals surface area (Å²) in [6, 6.07) is 11.8. The molecule has 0 saturated heterocycles. The van der Waals surface area contributed by atoms with Gasteiger partial charge in [0.05, 0.1) is 13.2 Å². The summed E-state index contributed by atoms with van der Waals surface area (Å²) in [6.07, 6.45) is 0.320. The lowest BCUT2D eigenvalue weighted by Gasteiger charge is -2.32. The maximum absolute atomic E-state index is 13.5. The fourth-order valence-corrected chi connectivity index (χ4v) is 3.45. The minimum Gasteiger partial charge on any atom is -0.395 e. The van der Waals surface area contributed by atoms with Crippen molar-refractivity contribution in [2.24, 2.45) is 0 Å². The summed E-state index contributed by atoms with van der Waals surface area (Å²) in [5, 5.41) is 19.8. The zero-order chi connectivity index (χ0) is 15.5. The molecule has 0 aliphatic rings. The van der Waals surface area contributed by atoms with Crippen molar-refractivity contribution in [3.05, 3.63) is 68.4 Å². The smallest absolute Gasteiger partial charge is 0.123 e. The van der Waals surface area contributed by atoms with Crippen molar-refractivity contribution in [2.75, 3.05) is 13.2 Å². The molecule has 0 unspecified atom stereocenters. The largest absolute Gasteiger partial charge is 0.395 e. The number of hydrogen-bond donors (Lipinski definition) is 2. The van der Waals surface area contributed by atoms with Gasteiger partial charge < -0.3 is 10.2 Å². The van der Waals surface area contributed by atoms with Crippen molar-refractivity contribution in [3.8, 4) is 0 Å². The number of hydrogen-bond acceptors (Lipinski definition) is 2. The average molecular weight is 418 g/mol. The molecule has 2 rings (SSSR count). The number of aliphatic hydroxyl groups is 2. The second-order valence-electron chi connectivity index (χ2n) is 4.99. The molecule has 21 heavy (non-hydrogen) atoms. The van der Waals surface area contributed by atoms with Crippen LogP contribution in [0.3, 0.4) is 0 Å². The first-order chi connectivity index (χ1) is 10.0. The lowest BCUT2D eigenvalue weighted by atomic mass is 9.77. The van der Waals surface area contributed by atoms with E-state index >= 15 is 0 Å². The maximum Gasteiger partial charge on any atom is 0.123 e. The van der Waals surface area contributed by atoms with Gasteiger partial charge in [-0.05, 0) is 41.8 Å². The second kappa shape index (κ2) is 7.01. The van der Waals surface area contributed by atoms with Crippen LogP contribution in [-0.2, 0) is 11.8 Å². The zero-order valence-corrected chi connectivity index (χ0v) is 14.4. The molecule has 112 valence electrons. The highest BCUT2D eigenvalue weighted by Gasteiger charge is 2.33. The minimum atomic E-state index is -0.879. The first-order valence-corrected chi connectivity index (χ1v) is 8.01. The monoisotopic (exact) mass is 416 g/mol. The number of halogens is 3. The lowest BCUT2D eigenvalue weighted by molar-refractivity contribution is 0.115. The van der Waals surface area contributed by atoms with Crippen molar-refractivity contribution in [2.45, 2.75) is 11.8 Å². The van der Waals surface area contributed by atoms with Crippen molar-refractivity contribution >= 4 is 31.9 Å². The summed E-state index contributed by atoms with van der Waals surface area (Å²) in [4.78, 5) is 0. The minimum absolute atomic E-state index is 0.241. The van der Waals surface area contributed by atoms with Gasteiger partial charge in [-0.15, -0.1) is 0 Å². The quantitative estimate of drug-likeness (QED) is 0.776. The molecule has 0 aliphatic carbocycles. The first kappa shape index (κ1) is 16.6. The Morgan fingerprint density at radius 3 is 2.24 bits per heavy atom. The van der Waals surface area contributed by atoms with E-state index in [1.165, 1.54) is 12.1 Å². The molecule has 0 bridgehead atoms. The third-order valence-electron chi connectivity index (χ3n) is 3.59. The average Bonchev–Trinajstić information content (AvgIpc) is 2.49. The molecule has 2 nitrogen and oxygen atoms in total. The predicted molar refractivity (Wildman–Crippen MR) is 87.8 cm³/mol. The molecule has 0 radical (unpaired) electrons. The van der Waals surface area contributed by atoms with Crippen LogP contribution in [0.1, 0.15) is 11.1 Å². The molecule has 2 N–H and O–H groups in total. The molecule has 0 fully saturated rings. The van der Waals surface area contributed by atoms with Gasteiger partial charge in [-0.2, -0.15) is 0 Å². The zero-order valence-electron chi connectivity index (χ0n) is 11.2. The van der Waals surface area contributed by atoms with Crippen molar-refractivity contribution in [1.82, 2.24) is 0 Å². The van der Waals surface area contributed by atoms with Crippen molar-refractivity contribution in [1.29, 1.82) is 0 Å². The van der Waals surface area contributed by atoms with Crippen LogP contribution in [-0.4, -0.2) is 23.4 Å². The van der Waals surface area contributed by atoms with Gasteiger partial charge in [0, 0.05) is 14.4 Å². The van der Waals surface area contributed by atoms with Crippen molar-refractivity contribution in [3.63, 3.8) is 0 Å². The third-order valence-corrected chi connectivity index (χ3v) is 5.05. The van der Waals surface area contributed by atoms with Gasteiger partial charge in [0.15, 0.2) is 0 Å². The van der Waals surface area contributed by atoms with E-state index < -0.39 is 5.41 Å². The number of aliphatic hydroxyl groups excluding tert-OH is 2. The van der Waals surface area contributed by atoms with E-state index in [2.05, 4.69) is 31.9 Å². The second-order valence-corrected chi connectivity index (χ2v) is 6.70. The van der Waals surface area contributed by atoms with Gasteiger partial charge in [0.1, 0.15) is 5.82 Å². The van der Waals surface area contributed by atoms with Gasteiger partial charge in [0.25, 0.3) is 0 Å². The lowest BCUT2D eigenvalue weighted by Crippen LogP contribution is -2.37. The van der Waals surface area contributed by atoms with E-state index in [0.717, 1.165) is 14.5 Å². The van der Waals surface area contributed by atoms with E-state index in [0.29, 0.717) is 12.0 Å². The Balaban J connectivity index is 2.48. The Kier molecular flexibility index (Phi) is 5.54. The summed E-state index contributed by atoms with van der Waals surface area (Å²) in [5.74, 6) is -0.342. The molecule has 0 heterocycles. The van der Waals surface area contributed by atoms with Crippen LogP contribution >= 0.6 is 31.9 Å². The van der Waals surface area contributed by atoms with Crippen molar-refractivity contribution < 1.29 is 14.6 Å². The molecule has 0 aliphatic heterocycles. The normalized spacial score (nSPS) is 11.7. The van der Waals surface area contributed by atoms with E-state index in [9.17, 15) is 14.6 Å². The van der Waals surface area contributed by atoms with Gasteiger partial charge >= 0.3 is 0 Å². The molecule has 0 atom stereocenters. The Morgan fingerprint density at radius 1 is 0.952 bits per heavy atom. The van der Waals surface area contributed by atoms with Crippen LogP contribution in [0.2, 0.25) is 0 Å². The topological polar surface area (TPSA) is 40.5 Å². The molecule has 2 aromatic carbocycles. The first-order valence-electron chi connectivity index (χ1n) is 6.43. The fourth-order valence-electron chi connectivity index (χ4n) is 2.36. The summed E-state index contributed by atoms with van der Waals surface area (Å²) < 4.78 is 15.0. The summed E-state index contributed by atoms with van der Waals surface area (Å²) >= 11 is 6.84. The van der Waals surface area contributed by atoms with Gasteiger partial charge in [-0.25, -0.2) is 4.39 Å². The van der Waals surface area contributed by atoms with Crippen LogP contribution in [0.25, 0.3) is 0 Å². The Hall–Kier alpha value is -0.750. The van der Waals surface area contributed by atoms with E-state index in [4.69, 9.17) is 0 Å². The Labute approximate surface area is 139 Å². The van der Waals surface area contributed by atoms with Crippen LogP contribution in [0.15, 0.2) is 51.4 Å². The molecule has 0 aromatic heterocycles. The molecule has 0 amide bonds. The Bertz CT molecular complexity index is 627. The number of rotatable bonds is 5. The Morgan fingerprint density at radius 2 is 1.62 bits per heavy atom. The molecule has 5 heteroatoms. The van der Waals surface area contributed by atoms with E-state index in [1.54, 1.807) is 6.07 Å². The SMILES string of the molecule is OCC(CO)(Cc1cc(F)ccc1Br)c1ccccc1Br. The highest BCUT2D eigenvalue weighted by Crippen LogP contribution is 2.35. The maximum atomic E-state index is 13.5.